The van der Waals surface area contributed by atoms with Gasteiger partial charge in [0.2, 0.25) is 10.0 Å². The van der Waals surface area contributed by atoms with Crippen molar-refractivity contribution in [2.45, 2.75) is 44.1 Å². The van der Waals surface area contributed by atoms with Gasteiger partial charge in [0.15, 0.2) is 5.69 Å². The molecule has 24 heavy (non-hydrogen) atoms. The minimum atomic E-state index is -3.24. The normalized spacial score (nSPS) is 20.2. The molecule has 1 saturated carbocycles. The number of hydrogen-bond acceptors (Lipinski definition) is 6. The van der Waals surface area contributed by atoms with Crippen LogP contribution in [0.15, 0.2) is 10.6 Å². The average molecular weight is 356 g/mol. The second-order valence-corrected chi connectivity index (χ2v) is 8.58. The topological polar surface area (TPSA) is 119 Å². The van der Waals surface area contributed by atoms with E-state index in [2.05, 4.69) is 10.5 Å². The predicted octanol–water partition coefficient (Wildman–Crippen LogP) is 0.425. The van der Waals surface area contributed by atoms with Crippen LogP contribution in [0.25, 0.3) is 0 Å². The zero-order valence-electron chi connectivity index (χ0n) is 13.6. The molecule has 9 heteroatoms. The number of sulfonamides is 1. The van der Waals surface area contributed by atoms with Crippen molar-refractivity contribution in [3.63, 3.8) is 0 Å². The zero-order chi connectivity index (χ0) is 17.2. The van der Waals surface area contributed by atoms with E-state index in [9.17, 15) is 13.2 Å². The molecular formula is C15H24N4O4S. The van der Waals surface area contributed by atoms with E-state index >= 15 is 0 Å². The lowest BCUT2D eigenvalue weighted by molar-refractivity contribution is 0.0914. The highest BCUT2D eigenvalue weighted by Gasteiger charge is 2.31. The van der Waals surface area contributed by atoms with E-state index in [1.165, 1.54) is 4.31 Å². The molecule has 8 nitrogen and oxygen atoms in total. The molecule has 1 aromatic rings. The van der Waals surface area contributed by atoms with Crippen LogP contribution in [0.2, 0.25) is 0 Å². The molecule has 0 unspecified atom stereocenters. The van der Waals surface area contributed by atoms with Gasteiger partial charge in [-0.25, -0.2) is 12.7 Å². The Morgan fingerprint density at radius 1 is 1.33 bits per heavy atom. The highest BCUT2D eigenvalue weighted by molar-refractivity contribution is 7.89. The van der Waals surface area contributed by atoms with Crippen LogP contribution >= 0.6 is 0 Å². The third-order valence-corrected chi connectivity index (χ3v) is 6.49. The average Bonchev–Trinajstić information content (AvgIpc) is 3.30. The number of piperidine rings is 1. The summed E-state index contributed by atoms with van der Waals surface area (Å²) >= 11 is 0. The Balaban J connectivity index is 1.48. The molecule has 3 rings (SSSR count). The van der Waals surface area contributed by atoms with Crippen LogP contribution < -0.4 is 11.1 Å². The first kappa shape index (κ1) is 17.4. The number of carbonyl (C=O) groups excluding carboxylic acids is 1. The highest BCUT2D eigenvalue weighted by Crippen LogP contribution is 2.40. The first-order valence-electron chi connectivity index (χ1n) is 8.45. The van der Waals surface area contributed by atoms with Gasteiger partial charge in [0.1, 0.15) is 5.76 Å². The summed E-state index contributed by atoms with van der Waals surface area (Å²) in [6.45, 7) is 1.21. The first-order chi connectivity index (χ1) is 11.5. The van der Waals surface area contributed by atoms with Crippen LogP contribution in [0, 0.1) is 0 Å². The SMILES string of the molecule is NCCCS(=O)(=O)N1CCC(NC(=O)c2cc(C3CC3)on2)CC1. The number of nitrogens with one attached hydrogen (secondary N) is 1. The second-order valence-electron chi connectivity index (χ2n) is 6.49. The summed E-state index contributed by atoms with van der Waals surface area (Å²) < 4.78 is 30.9. The minimum absolute atomic E-state index is 0.0421. The van der Waals surface area contributed by atoms with Gasteiger partial charge in [-0.3, -0.25) is 4.79 Å². The van der Waals surface area contributed by atoms with Gasteiger partial charge in [-0.05, 0) is 38.6 Å². The molecule has 1 amide bonds. The lowest BCUT2D eigenvalue weighted by Crippen LogP contribution is -2.47. The van der Waals surface area contributed by atoms with Crippen molar-refractivity contribution in [2.75, 3.05) is 25.4 Å². The number of aromatic nitrogens is 1. The summed E-state index contributed by atoms with van der Waals surface area (Å²) in [5, 5.41) is 6.75. The fourth-order valence-electron chi connectivity index (χ4n) is 2.89. The summed E-state index contributed by atoms with van der Waals surface area (Å²) in [6.07, 6.45) is 3.84. The number of rotatable bonds is 7. The van der Waals surface area contributed by atoms with E-state index in [0.29, 0.717) is 50.5 Å². The Morgan fingerprint density at radius 3 is 2.67 bits per heavy atom. The van der Waals surface area contributed by atoms with Crippen LogP contribution in [0.3, 0.4) is 0 Å². The van der Waals surface area contributed by atoms with E-state index in [4.69, 9.17) is 10.3 Å². The molecule has 1 saturated heterocycles. The van der Waals surface area contributed by atoms with Gasteiger partial charge in [-0.2, -0.15) is 0 Å². The van der Waals surface area contributed by atoms with Gasteiger partial charge in [0.25, 0.3) is 5.91 Å². The zero-order valence-corrected chi connectivity index (χ0v) is 14.4. The van der Waals surface area contributed by atoms with Crippen LogP contribution in [-0.4, -0.2) is 55.2 Å². The third-order valence-electron chi connectivity index (χ3n) is 4.53. The molecule has 2 heterocycles. The van der Waals surface area contributed by atoms with Gasteiger partial charge < -0.3 is 15.6 Å². The maximum atomic E-state index is 12.2. The van der Waals surface area contributed by atoms with Gasteiger partial charge in [-0.15, -0.1) is 0 Å². The van der Waals surface area contributed by atoms with Gasteiger partial charge in [-0.1, -0.05) is 5.16 Å². The summed E-state index contributed by atoms with van der Waals surface area (Å²) in [5.41, 5.74) is 5.68. The Labute approximate surface area is 141 Å². The van der Waals surface area contributed by atoms with Crippen molar-refractivity contribution in [2.24, 2.45) is 5.73 Å². The highest BCUT2D eigenvalue weighted by atomic mass is 32.2. The van der Waals surface area contributed by atoms with E-state index in [1.54, 1.807) is 6.07 Å². The fraction of sp³-hybridized carbons (Fsp3) is 0.733. The monoisotopic (exact) mass is 356 g/mol. The maximum Gasteiger partial charge on any atom is 0.273 e. The van der Waals surface area contributed by atoms with E-state index in [0.717, 1.165) is 18.6 Å². The molecule has 2 aliphatic rings. The number of amides is 1. The number of nitrogens with zero attached hydrogens (tertiary/aromatic N) is 2. The lowest BCUT2D eigenvalue weighted by atomic mass is 10.1. The fourth-order valence-corrected chi connectivity index (χ4v) is 4.45. The molecular weight excluding hydrogens is 332 g/mol. The molecule has 1 aliphatic carbocycles. The van der Waals surface area contributed by atoms with E-state index in [-0.39, 0.29) is 17.7 Å². The van der Waals surface area contributed by atoms with Crippen LogP contribution in [0.5, 0.6) is 0 Å². The molecule has 0 aromatic carbocycles. The van der Waals surface area contributed by atoms with Crippen molar-refractivity contribution < 1.29 is 17.7 Å². The molecule has 0 bridgehead atoms. The van der Waals surface area contributed by atoms with Gasteiger partial charge >= 0.3 is 0 Å². The number of hydrogen-bond donors (Lipinski definition) is 2. The minimum Gasteiger partial charge on any atom is -0.360 e. The molecule has 3 N–H and O–H groups in total. The van der Waals surface area contributed by atoms with Crippen molar-refractivity contribution in [3.8, 4) is 0 Å². The third kappa shape index (κ3) is 4.14. The molecule has 2 fully saturated rings. The standard InChI is InChI=1S/C15H24N4O4S/c16-6-1-9-24(21,22)19-7-4-12(5-8-19)17-15(20)13-10-14(23-18-13)11-2-3-11/h10-12H,1-9,16H2,(H,17,20). The molecule has 1 aromatic heterocycles. The quantitative estimate of drug-likeness (QED) is 0.731. The largest absolute Gasteiger partial charge is 0.360 e. The van der Waals surface area contributed by atoms with Crippen molar-refractivity contribution in [1.82, 2.24) is 14.8 Å². The number of carbonyl (C=O) groups is 1. The van der Waals surface area contributed by atoms with Crippen LogP contribution in [0.1, 0.15) is 54.3 Å². The maximum absolute atomic E-state index is 12.2. The molecule has 1 aliphatic heterocycles. The molecule has 134 valence electrons. The summed E-state index contributed by atoms with van der Waals surface area (Å²) in [7, 11) is -3.24. The van der Waals surface area contributed by atoms with Crippen molar-refractivity contribution in [1.29, 1.82) is 0 Å². The summed E-state index contributed by atoms with van der Waals surface area (Å²) in [6, 6.07) is 1.67. The Hall–Kier alpha value is -1.45. The van der Waals surface area contributed by atoms with Crippen LogP contribution in [-0.2, 0) is 10.0 Å². The van der Waals surface area contributed by atoms with Gasteiger partial charge in [0.05, 0.1) is 5.75 Å². The van der Waals surface area contributed by atoms with E-state index < -0.39 is 10.0 Å². The van der Waals surface area contributed by atoms with Crippen molar-refractivity contribution in [3.05, 3.63) is 17.5 Å². The Morgan fingerprint density at radius 2 is 2.04 bits per heavy atom. The summed E-state index contributed by atoms with van der Waals surface area (Å²) in [5.74, 6) is 1.03. The Kier molecular flexibility index (Phi) is 5.21. The first-order valence-corrected chi connectivity index (χ1v) is 10.1. The van der Waals surface area contributed by atoms with E-state index in [1.807, 2.05) is 0 Å². The lowest BCUT2D eigenvalue weighted by Gasteiger charge is -2.31. The smallest absolute Gasteiger partial charge is 0.273 e. The molecule has 0 atom stereocenters. The van der Waals surface area contributed by atoms with Gasteiger partial charge in [0, 0.05) is 31.1 Å². The number of nitrogens with two attached hydrogens (primary N) is 1. The predicted molar refractivity (Wildman–Crippen MR) is 88.0 cm³/mol. The second kappa shape index (κ2) is 7.20. The Bertz CT molecular complexity index is 675. The van der Waals surface area contributed by atoms with Crippen molar-refractivity contribution >= 4 is 15.9 Å². The summed E-state index contributed by atoms with van der Waals surface area (Å²) in [4.78, 5) is 12.2. The molecule has 0 spiro atoms. The van der Waals surface area contributed by atoms with Crippen LogP contribution in [0.4, 0.5) is 0 Å². The molecule has 0 radical (unpaired) electrons.